The van der Waals surface area contributed by atoms with Crippen LogP contribution in [0, 0.1) is 0 Å². The first kappa shape index (κ1) is 18.5. The molecule has 0 fully saturated rings. The van der Waals surface area contributed by atoms with Crippen LogP contribution in [0.2, 0.25) is 10.0 Å². The number of hydrogen-bond donors (Lipinski definition) is 0. The van der Waals surface area contributed by atoms with Crippen LogP contribution >= 0.6 is 23.2 Å². The maximum atomic E-state index is 13.1. The van der Waals surface area contributed by atoms with Crippen LogP contribution < -0.4 is 10.3 Å². The van der Waals surface area contributed by atoms with Crippen molar-refractivity contribution < 1.29 is 4.74 Å². The summed E-state index contributed by atoms with van der Waals surface area (Å²) >= 11 is 12.1. The molecule has 0 atom stereocenters. The van der Waals surface area contributed by atoms with Gasteiger partial charge in [0.15, 0.2) is 0 Å². The standard InChI is InChI=1S/C22H16Cl2N2O2/c23-16-11-9-15(10-12-16)21-25-19-7-3-1-5-17(19)22(27)26(21)13-14-28-20-8-4-2-6-18(20)24/h1-12H,13-14H2. The molecule has 6 heteroatoms. The molecule has 28 heavy (non-hydrogen) atoms. The number of nitrogens with zero attached hydrogens (tertiary/aromatic N) is 2. The summed E-state index contributed by atoms with van der Waals surface area (Å²) < 4.78 is 7.40. The van der Waals surface area contributed by atoms with Crippen molar-refractivity contribution in [2.75, 3.05) is 6.61 Å². The summed E-state index contributed by atoms with van der Waals surface area (Å²) in [4.78, 5) is 17.8. The molecule has 0 saturated heterocycles. The Bertz CT molecular complexity index is 1190. The number of halogens is 2. The lowest BCUT2D eigenvalue weighted by molar-refractivity contribution is 0.297. The number of ether oxygens (including phenoxy) is 1. The second kappa shape index (κ2) is 8.05. The zero-order chi connectivity index (χ0) is 19.5. The van der Waals surface area contributed by atoms with E-state index in [0.717, 1.165) is 5.56 Å². The Balaban J connectivity index is 1.73. The minimum atomic E-state index is -0.113. The highest BCUT2D eigenvalue weighted by Crippen LogP contribution is 2.24. The Hall–Kier alpha value is -2.82. The zero-order valence-electron chi connectivity index (χ0n) is 14.8. The van der Waals surface area contributed by atoms with Crippen LogP contribution in [0.25, 0.3) is 22.3 Å². The molecule has 4 rings (SSSR count). The average Bonchev–Trinajstić information content (AvgIpc) is 2.71. The largest absolute Gasteiger partial charge is 0.490 e. The monoisotopic (exact) mass is 410 g/mol. The average molecular weight is 411 g/mol. The fourth-order valence-corrected chi connectivity index (χ4v) is 3.32. The molecule has 4 aromatic rings. The van der Waals surface area contributed by atoms with Crippen molar-refractivity contribution in [3.63, 3.8) is 0 Å². The lowest BCUT2D eigenvalue weighted by atomic mass is 10.2. The third kappa shape index (κ3) is 3.75. The Morgan fingerprint density at radius 1 is 0.893 bits per heavy atom. The van der Waals surface area contributed by atoms with Gasteiger partial charge in [0.1, 0.15) is 18.2 Å². The molecule has 0 aliphatic rings. The van der Waals surface area contributed by atoms with E-state index in [1.807, 2.05) is 42.5 Å². The molecule has 0 saturated carbocycles. The van der Waals surface area contributed by atoms with Crippen LogP contribution in [0.1, 0.15) is 0 Å². The maximum absolute atomic E-state index is 13.1. The molecule has 0 amide bonds. The van der Waals surface area contributed by atoms with Gasteiger partial charge in [-0.2, -0.15) is 0 Å². The molecule has 1 aromatic heterocycles. The number of aromatic nitrogens is 2. The van der Waals surface area contributed by atoms with E-state index in [2.05, 4.69) is 0 Å². The second-order valence-corrected chi connectivity index (χ2v) is 7.04. The van der Waals surface area contributed by atoms with Crippen molar-refractivity contribution >= 4 is 34.1 Å². The summed E-state index contributed by atoms with van der Waals surface area (Å²) in [6.07, 6.45) is 0. The minimum Gasteiger partial charge on any atom is -0.490 e. The summed E-state index contributed by atoms with van der Waals surface area (Å²) in [6, 6.07) is 21.8. The van der Waals surface area contributed by atoms with Gasteiger partial charge < -0.3 is 4.74 Å². The number of fused-ring (bicyclic) bond motifs is 1. The van der Waals surface area contributed by atoms with Crippen molar-refractivity contribution in [3.05, 3.63) is 93.2 Å². The van der Waals surface area contributed by atoms with E-state index in [1.54, 1.807) is 34.9 Å². The quantitative estimate of drug-likeness (QED) is 0.439. The summed E-state index contributed by atoms with van der Waals surface area (Å²) in [5.74, 6) is 1.15. The lowest BCUT2D eigenvalue weighted by Gasteiger charge is -2.15. The Morgan fingerprint density at radius 2 is 1.61 bits per heavy atom. The van der Waals surface area contributed by atoms with E-state index in [1.165, 1.54) is 0 Å². The summed E-state index contributed by atoms with van der Waals surface area (Å²) in [7, 11) is 0. The van der Waals surface area contributed by atoms with E-state index >= 15 is 0 Å². The van der Waals surface area contributed by atoms with Gasteiger partial charge in [0.25, 0.3) is 5.56 Å². The Kier molecular flexibility index (Phi) is 5.33. The molecule has 0 N–H and O–H groups in total. The first-order valence-corrected chi connectivity index (χ1v) is 9.52. The summed E-state index contributed by atoms with van der Waals surface area (Å²) in [5, 5.41) is 1.72. The zero-order valence-corrected chi connectivity index (χ0v) is 16.3. The third-order valence-corrected chi connectivity index (χ3v) is 4.94. The van der Waals surface area contributed by atoms with Crippen LogP contribution in [0.3, 0.4) is 0 Å². The van der Waals surface area contributed by atoms with Crippen molar-refractivity contribution in [1.82, 2.24) is 9.55 Å². The number of hydrogen-bond acceptors (Lipinski definition) is 3. The number of rotatable bonds is 5. The molecule has 0 spiro atoms. The first-order valence-electron chi connectivity index (χ1n) is 8.76. The first-order chi connectivity index (χ1) is 13.6. The lowest BCUT2D eigenvalue weighted by Crippen LogP contribution is -2.26. The van der Waals surface area contributed by atoms with Crippen molar-refractivity contribution in [2.45, 2.75) is 6.54 Å². The van der Waals surface area contributed by atoms with Gasteiger partial charge in [-0.05, 0) is 48.5 Å². The van der Waals surface area contributed by atoms with Gasteiger partial charge in [0.2, 0.25) is 0 Å². The SMILES string of the molecule is O=c1c2ccccc2nc(-c2ccc(Cl)cc2)n1CCOc1ccccc1Cl. The molecule has 0 aliphatic carbocycles. The highest BCUT2D eigenvalue weighted by atomic mass is 35.5. The Labute approximate surface area is 171 Å². The fourth-order valence-electron chi connectivity index (χ4n) is 3.00. The van der Waals surface area contributed by atoms with Gasteiger partial charge in [-0.25, -0.2) is 4.98 Å². The predicted molar refractivity (Wildman–Crippen MR) is 113 cm³/mol. The molecule has 0 radical (unpaired) electrons. The minimum absolute atomic E-state index is 0.113. The molecule has 0 aliphatic heterocycles. The molecule has 4 nitrogen and oxygen atoms in total. The molecular formula is C22H16Cl2N2O2. The van der Waals surface area contributed by atoms with E-state index in [4.69, 9.17) is 32.9 Å². The summed E-state index contributed by atoms with van der Waals surface area (Å²) in [6.45, 7) is 0.615. The molecule has 0 unspecified atom stereocenters. The van der Waals surface area contributed by atoms with Crippen molar-refractivity contribution in [1.29, 1.82) is 0 Å². The van der Waals surface area contributed by atoms with Crippen LogP contribution in [0.4, 0.5) is 0 Å². The third-order valence-electron chi connectivity index (χ3n) is 4.37. The Morgan fingerprint density at radius 3 is 2.39 bits per heavy atom. The number of para-hydroxylation sites is 2. The van der Waals surface area contributed by atoms with Crippen LogP contribution in [0.5, 0.6) is 5.75 Å². The van der Waals surface area contributed by atoms with Crippen LogP contribution in [-0.4, -0.2) is 16.2 Å². The van der Waals surface area contributed by atoms with Crippen LogP contribution in [-0.2, 0) is 6.54 Å². The second-order valence-electron chi connectivity index (χ2n) is 6.20. The maximum Gasteiger partial charge on any atom is 0.261 e. The van der Waals surface area contributed by atoms with E-state index in [9.17, 15) is 4.79 Å². The fraction of sp³-hybridized carbons (Fsp3) is 0.0909. The van der Waals surface area contributed by atoms with Crippen molar-refractivity contribution in [2.24, 2.45) is 0 Å². The molecular weight excluding hydrogens is 395 g/mol. The molecule has 1 heterocycles. The van der Waals surface area contributed by atoms with Gasteiger partial charge in [-0.15, -0.1) is 0 Å². The van der Waals surface area contributed by atoms with Crippen LogP contribution in [0.15, 0.2) is 77.6 Å². The summed E-state index contributed by atoms with van der Waals surface area (Å²) in [5.41, 5.74) is 1.35. The van der Waals surface area contributed by atoms with Gasteiger partial charge in [0.05, 0.1) is 22.5 Å². The topological polar surface area (TPSA) is 44.1 Å². The molecule has 0 bridgehead atoms. The predicted octanol–water partition coefficient (Wildman–Crippen LogP) is 5.45. The van der Waals surface area contributed by atoms with Crippen molar-refractivity contribution in [3.8, 4) is 17.1 Å². The normalized spacial score (nSPS) is 10.9. The highest BCUT2D eigenvalue weighted by Gasteiger charge is 2.13. The van der Waals surface area contributed by atoms with E-state index < -0.39 is 0 Å². The highest BCUT2D eigenvalue weighted by molar-refractivity contribution is 6.32. The van der Waals surface area contributed by atoms with Gasteiger partial charge in [-0.1, -0.05) is 47.5 Å². The number of benzene rings is 3. The van der Waals surface area contributed by atoms with Gasteiger partial charge in [-0.3, -0.25) is 9.36 Å². The van der Waals surface area contributed by atoms with E-state index in [-0.39, 0.29) is 12.2 Å². The molecule has 3 aromatic carbocycles. The van der Waals surface area contributed by atoms with Gasteiger partial charge in [0, 0.05) is 10.6 Å². The van der Waals surface area contributed by atoms with Gasteiger partial charge >= 0.3 is 0 Å². The molecule has 140 valence electrons. The van der Waals surface area contributed by atoms with E-state index in [0.29, 0.717) is 39.1 Å². The smallest absolute Gasteiger partial charge is 0.261 e.